The third-order valence-electron chi connectivity index (χ3n) is 3.60. The molecular weight excluding hydrogens is 236 g/mol. The van der Waals surface area contributed by atoms with E-state index in [9.17, 15) is 9.59 Å². The van der Waals surface area contributed by atoms with E-state index in [2.05, 4.69) is 5.32 Å². The van der Waals surface area contributed by atoms with Crippen molar-refractivity contribution < 1.29 is 19.8 Å². The topological polar surface area (TPSA) is 113 Å². The molecule has 5 N–H and O–H groups in total. The Morgan fingerprint density at radius 3 is 2.61 bits per heavy atom. The monoisotopic (exact) mass is 258 g/mol. The lowest BCUT2D eigenvalue weighted by molar-refractivity contribution is -0.137. The fourth-order valence-corrected chi connectivity index (χ4v) is 2.40. The number of hydrogen-bond acceptors (Lipinski definition) is 4. The third kappa shape index (κ3) is 4.62. The highest BCUT2D eigenvalue weighted by Gasteiger charge is 2.27. The van der Waals surface area contributed by atoms with E-state index < -0.39 is 12.0 Å². The Labute approximate surface area is 107 Å². The average Bonchev–Trinajstić information content (AvgIpc) is 2.80. The molecule has 0 heterocycles. The summed E-state index contributed by atoms with van der Waals surface area (Å²) in [5, 5.41) is 20.4. The van der Waals surface area contributed by atoms with Crippen molar-refractivity contribution in [2.75, 3.05) is 13.2 Å². The highest BCUT2D eigenvalue weighted by molar-refractivity contribution is 5.82. The number of rotatable bonds is 7. The normalized spacial score (nSPS) is 24.8. The van der Waals surface area contributed by atoms with Crippen LogP contribution in [0.2, 0.25) is 0 Å². The Morgan fingerprint density at radius 1 is 1.33 bits per heavy atom. The lowest BCUT2D eigenvalue weighted by atomic mass is 9.97. The maximum atomic E-state index is 11.6. The van der Waals surface area contributed by atoms with Crippen LogP contribution in [-0.4, -0.2) is 41.3 Å². The van der Waals surface area contributed by atoms with Crippen LogP contribution in [0.4, 0.5) is 0 Å². The van der Waals surface area contributed by atoms with Crippen LogP contribution in [0.25, 0.3) is 0 Å². The van der Waals surface area contributed by atoms with Crippen LogP contribution in [-0.2, 0) is 9.59 Å². The van der Waals surface area contributed by atoms with Crippen LogP contribution in [0.15, 0.2) is 0 Å². The number of carboxylic acid groups (broad SMARTS) is 1. The molecule has 1 aliphatic carbocycles. The zero-order chi connectivity index (χ0) is 13.5. The molecule has 0 aromatic rings. The van der Waals surface area contributed by atoms with Gasteiger partial charge in [-0.15, -0.1) is 0 Å². The molecule has 1 fully saturated rings. The lowest BCUT2D eigenvalue weighted by Gasteiger charge is -2.19. The second-order valence-electron chi connectivity index (χ2n) is 4.92. The number of nitrogens with two attached hydrogens (primary N) is 1. The Kier molecular flexibility index (Phi) is 6.07. The highest BCUT2D eigenvalue weighted by Crippen LogP contribution is 2.30. The van der Waals surface area contributed by atoms with Crippen molar-refractivity contribution in [3.63, 3.8) is 0 Å². The molecule has 0 aliphatic heterocycles. The van der Waals surface area contributed by atoms with Crippen molar-refractivity contribution in [2.45, 2.75) is 38.1 Å². The Balaban J connectivity index is 2.25. The van der Waals surface area contributed by atoms with Crippen LogP contribution in [0.5, 0.6) is 0 Å². The first kappa shape index (κ1) is 14.9. The number of amides is 1. The molecule has 104 valence electrons. The Bertz CT molecular complexity index is 296. The first-order chi connectivity index (χ1) is 8.54. The van der Waals surface area contributed by atoms with Crippen molar-refractivity contribution in [2.24, 2.45) is 17.6 Å². The minimum absolute atomic E-state index is 0.0999. The summed E-state index contributed by atoms with van der Waals surface area (Å²) in [7, 11) is 0. The van der Waals surface area contributed by atoms with Gasteiger partial charge in [-0.3, -0.25) is 9.59 Å². The van der Waals surface area contributed by atoms with Crippen LogP contribution in [0, 0.1) is 11.8 Å². The van der Waals surface area contributed by atoms with Gasteiger partial charge in [0.05, 0.1) is 6.04 Å². The third-order valence-corrected chi connectivity index (χ3v) is 3.60. The maximum absolute atomic E-state index is 11.6. The van der Waals surface area contributed by atoms with E-state index in [1.54, 1.807) is 0 Å². The fourth-order valence-electron chi connectivity index (χ4n) is 2.40. The van der Waals surface area contributed by atoms with Crippen molar-refractivity contribution in [3.8, 4) is 0 Å². The van der Waals surface area contributed by atoms with Gasteiger partial charge in [-0.1, -0.05) is 6.42 Å². The largest absolute Gasteiger partial charge is 0.481 e. The summed E-state index contributed by atoms with van der Waals surface area (Å²) in [4.78, 5) is 22.0. The Morgan fingerprint density at radius 2 is 2.00 bits per heavy atom. The zero-order valence-electron chi connectivity index (χ0n) is 10.5. The molecule has 3 unspecified atom stereocenters. The molecule has 6 heteroatoms. The van der Waals surface area contributed by atoms with E-state index in [-0.39, 0.29) is 31.3 Å². The van der Waals surface area contributed by atoms with Crippen LogP contribution >= 0.6 is 0 Å². The van der Waals surface area contributed by atoms with Crippen molar-refractivity contribution in [3.05, 3.63) is 0 Å². The van der Waals surface area contributed by atoms with Gasteiger partial charge < -0.3 is 21.3 Å². The fraction of sp³-hybridized carbons (Fsp3) is 0.833. The number of aliphatic hydroxyl groups excluding tert-OH is 1. The smallest absolute Gasteiger partial charge is 0.303 e. The molecule has 3 atom stereocenters. The van der Waals surface area contributed by atoms with Gasteiger partial charge in [0.2, 0.25) is 5.91 Å². The van der Waals surface area contributed by atoms with Gasteiger partial charge in [0.25, 0.3) is 0 Å². The van der Waals surface area contributed by atoms with Gasteiger partial charge >= 0.3 is 5.97 Å². The van der Waals surface area contributed by atoms with Gasteiger partial charge in [-0.25, -0.2) is 0 Å². The number of nitrogens with one attached hydrogen (secondary N) is 1. The number of carbonyl (C=O) groups excluding carboxylic acids is 1. The predicted molar refractivity (Wildman–Crippen MR) is 65.8 cm³/mol. The number of aliphatic hydroxyl groups is 1. The second-order valence-corrected chi connectivity index (χ2v) is 4.92. The zero-order valence-corrected chi connectivity index (χ0v) is 10.5. The summed E-state index contributed by atoms with van der Waals surface area (Å²) < 4.78 is 0. The van der Waals surface area contributed by atoms with Crippen molar-refractivity contribution in [1.29, 1.82) is 0 Å². The number of aliphatic carboxylic acids is 1. The van der Waals surface area contributed by atoms with E-state index in [1.807, 2.05) is 0 Å². The number of carboxylic acids is 1. The summed E-state index contributed by atoms with van der Waals surface area (Å²) >= 11 is 0. The maximum Gasteiger partial charge on any atom is 0.303 e. The van der Waals surface area contributed by atoms with Crippen molar-refractivity contribution >= 4 is 11.9 Å². The summed E-state index contributed by atoms with van der Waals surface area (Å²) in [5.41, 5.74) is 5.59. The van der Waals surface area contributed by atoms with Gasteiger partial charge in [-0.05, 0) is 31.1 Å². The summed E-state index contributed by atoms with van der Waals surface area (Å²) in [5.74, 6) is -0.680. The molecule has 0 radical (unpaired) electrons. The van der Waals surface area contributed by atoms with E-state index in [4.69, 9.17) is 15.9 Å². The van der Waals surface area contributed by atoms with Gasteiger partial charge in [0.15, 0.2) is 0 Å². The molecule has 0 spiro atoms. The standard InChI is InChI=1S/C12H22N2O4/c13-10(4-5-11(16)17)12(18)14-6-8-2-1-3-9(8)7-15/h8-10,15H,1-7,13H2,(H,14,18)(H,16,17). The van der Waals surface area contributed by atoms with Gasteiger partial charge in [0.1, 0.15) is 0 Å². The molecule has 0 bridgehead atoms. The average molecular weight is 258 g/mol. The van der Waals surface area contributed by atoms with Gasteiger partial charge in [-0.2, -0.15) is 0 Å². The van der Waals surface area contributed by atoms with Crippen LogP contribution in [0.3, 0.4) is 0 Å². The molecule has 0 aromatic carbocycles. The summed E-state index contributed by atoms with van der Waals surface area (Å²) in [6.07, 6.45) is 3.14. The second kappa shape index (κ2) is 7.33. The van der Waals surface area contributed by atoms with Gasteiger partial charge in [0, 0.05) is 19.6 Å². The first-order valence-corrected chi connectivity index (χ1v) is 6.40. The number of carbonyl (C=O) groups is 2. The quantitative estimate of drug-likeness (QED) is 0.501. The molecule has 1 aliphatic rings. The molecule has 1 rings (SSSR count). The minimum Gasteiger partial charge on any atom is -0.481 e. The molecule has 0 aromatic heterocycles. The molecule has 6 nitrogen and oxygen atoms in total. The molecule has 18 heavy (non-hydrogen) atoms. The lowest BCUT2D eigenvalue weighted by Crippen LogP contribution is -2.43. The summed E-state index contributed by atoms with van der Waals surface area (Å²) in [6, 6.07) is -0.768. The molecule has 1 saturated carbocycles. The van der Waals surface area contributed by atoms with E-state index in [0.29, 0.717) is 12.5 Å². The highest BCUT2D eigenvalue weighted by atomic mass is 16.4. The van der Waals surface area contributed by atoms with E-state index in [1.165, 1.54) is 0 Å². The summed E-state index contributed by atoms with van der Waals surface area (Å²) in [6.45, 7) is 0.677. The molecule has 1 amide bonds. The van der Waals surface area contributed by atoms with E-state index >= 15 is 0 Å². The SMILES string of the molecule is NC(CCC(=O)O)C(=O)NCC1CCCC1CO. The first-order valence-electron chi connectivity index (χ1n) is 6.40. The van der Waals surface area contributed by atoms with Crippen LogP contribution < -0.4 is 11.1 Å². The number of hydrogen-bond donors (Lipinski definition) is 4. The van der Waals surface area contributed by atoms with E-state index in [0.717, 1.165) is 19.3 Å². The molecular formula is C12H22N2O4. The van der Waals surface area contributed by atoms with Crippen LogP contribution in [0.1, 0.15) is 32.1 Å². The Hall–Kier alpha value is -1.14. The molecule has 0 saturated heterocycles. The predicted octanol–water partition coefficient (Wildman–Crippen LogP) is -0.297. The minimum atomic E-state index is -0.950. The van der Waals surface area contributed by atoms with Crippen molar-refractivity contribution in [1.82, 2.24) is 5.32 Å².